The largest absolute Gasteiger partial charge is 0.495 e. The molecular weight excluding hydrogens is 367 g/mol. The van der Waals surface area contributed by atoms with Crippen LogP contribution >= 0.6 is 0 Å². The molecule has 1 aromatic heterocycles. The maximum absolute atomic E-state index is 12.9. The molecule has 0 fully saturated rings. The highest BCUT2D eigenvalue weighted by Crippen LogP contribution is 2.34. The third-order valence-corrected chi connectivity index (χ3v) is 3.62. The van der Waals surface area contributed by atoms with E-state index < -0.39 is 23.8 Å². The predicted molar refractivity (Wildman–Crippen MR) is 92.2 cm³/mol. The number of carbonyl (C=O) groups is 1. The SMILES string of the molecule is CNc1nc(Nc2ccc(C[C@H](N)C(=O)O)cc2OC)ncc1C(F)(F)F. The zero-order valence-corrected chi connectivity index (χ0v) is 14.5. The Labute approximate surface area is 152 Å². The number of halogens is 3. The number of hydrogen-bond acceptors (Lipinski definition) is 7. The van der Waals surface area contributed by atoms with Crippen molar-refractivity contribution in [2.24, 2.45) is 5.73 Å². The van der Waals surface area contributed by atoms with Crippen LogP contribution in [-0.4, -0.2) is 41.2 Å². The number of carboxylic acid groups (broad SMARTS) is 1. The Bertz CT molecular complexity index is 829. The summed E-state index contributed by atoms with van der Waals surface area (Å²) in [6.07, 6.45) is -3.82. The average Bonchev–Trinajstić information content (AvgIpc) is 2.61. The molecule has 1 heterocycles. The van der Waals surface area contributed by atoms with E-state index in [1.807, 2.05) is 0 Å². The minimum atomic E-state index is -4.58. The molecular formula is C16H18F3N5O3. The molecule has 0 bridgehead atoms. The van der Waals surface area contributed by atoms with Gasteiger partial charge in [0.05, 0.1) is 12.8 Å². The van der Waals surface area contributed by atoms with Crippen LogP contribution in [-0.2, 0) is 17.4 Å². The zero-order chi connectivity index (χ0) is 20.2. The number of nitrogens with one attached hydrogen (secondary N) is 2. The summed E-state index contributed by atoms with van der Waals surface area (Å²) < 4.78 is 43.9. The second-order valence-corrected chi connectivity index (χ2v) is 5.51. The number of rotatable bonds is 7. The number of nitrogens with zero attached hydrogens (tertiary/aromatic N) is 2. The van der Waals surface area contributed by atoms with Crippen LogP contribution in [0.15, 0.2) is 24.4 Å². The summed E-state index contributed by atoms with van der Waals surface area (Å²) in [5.41, 5.74) is 5.54. The fourth-order valence-corrected chi connectivity index (χ4v) is 2.27. The number of methoxy groups -OCH3 is 1. The van der Waals surface area contributed by atoms with E-state index in [1.165, 1.54) is 14.2 Å². The van der Waals surface area contributed by atoms with Crippen molar-refractivity contribution in [1.82, 2.24) is 9.97 Å². The van der Waals surface area contributed by atoms with Crippen molar-refractivity contribution in [3.63, 3.8) is 0 Å². The Balaban J connectivity index is 2.28. The first-order valence-corrected chi connectivity index (χ1v) is 7.70. The van der Waals surface area contributed by atoms with Gasteiger partial charge in [-0.3, -0.25) is 4.79 Å². The molecule has 0 aliphatic heterocycles. The number of carboxylic acids is 1. The average molecular weight is 385 g/mol. The normalized spacial score (nSPS) is 12.4. The van der Waals surface area contributed by atoms with Crippen molar-refractivity contribution >= 4 is 23.4 Å². The Morgan fingerprint density at radius 1 is 1.41 bits per heavy atom. The van der Waals surface area contributed by atoms with E-state index in [2.05, 4.69) is 20.6 Å². The molecule has 0 spiro atoms. The van der Waals surface area contributed by atoms with Crippen LogP contribution in [0.1, 0.15) is 11.1 Å². The highest BCUT2D eigenvalue weighted by molar-refractivity contribution is 5.73. The van der Waals surface area contributed by atoms with E-state index in [1.54, 1.807) is 18.2 Å². The number of nitrogens with two attached hydrogens (primary N) is 1. The van der Waals surface area contributed by atoms with Gasteiger partial charge in [-0.1, -0.05) is 6.07 Å². The monoisotopic (exact) mass is 385 g/mol. The molecule has 0 aliphatic carbocycles. The molecule has 1 atom stereocenters. The van der Waals surface area contributed by atoms with E-state index in [-0.39, 0.29) is 18.2 Å². The number of anilines is 3. The fraction of sp³-hybridized carbons (Fsp3) is 0.312. The number of hydrogen-bond donors (Lipinski definition) is 4. The number of alkyl halides is 3. The highest BCUT2D eigenvalue weighted by Gasteiger charge is 2.35. The molecule has 0 saturated heterocycles. The quantitative estimate of drug-likeness (QED) is 0.572. The summed E-state index contributed by atoms with van der Waals surface area (Å²) in [6, 6.07) is 3.71. The van der Waals surface area contributed by atoms with Gasteiger partial charge in [-0.05, 0) is 24.1 Å². The van der Waals surface area contributed by atoms with Crippen molar-refractivity contribution < 1.29 is 27.8 Å². The van der Waals surface area contributed by atoms with Gasteiger partial charge in [0, 0.05) is 13.2 Å². The van der Waals surface area contributed by atoms with Gasteiger partial charge >= 0.3 is 12.1 Å². The van der Waals surface area contributed by atoms with E-state index in [4.69, 9.17) is 15.6 Å². The van der Waals surface area contributed by atoms with Gasteiger partial charge in [-0.2, -0.15) is 18.2 Å². The first-order chi connectivity index (χ1) is 12.7. The minimum absolute atomic E-state index is 0.0689. The third kappa shape index (κ3) is 4.97. The molecule has 5 N–H and O–H groups in total. The first-order valence-electron chi connectivity index (χ1n) is 7.70. The Kier molecular flexibility index (Phi) is 6.05. The molecule has 27 heavy (non-hydrogen) atoms. The lowest BCUT2D eigenvalue weighted by Crippen LogP contribution is -2.32. The van der Waals surface area contributed by atoms with Crippen LogP contribution in [0.25, 0.3) is 0 Å². The van der Waals surface area contributed by atoms with E-state index in [0.717, 1.165) is 0 Å². The van der Waals surface area contributed by atoms with Gasteiger partial charge in [0.1, 0.15) is 23.2 Å². The van der Waals surface area contributed by atoms with Gasteiger partial charge < -0.3 is 26.2 Å². The van der Waals surface area contributed by atoms with E-state index in [0.29, 0.717) is 23.2 Å². The zero-order valence-electron chi connectivity index (χ0n) is 14.5. The molecule has 1 aromatic carbocycles. The maximum atomic E-state index is 12.9. The van der Waals surface area contributed by atoms with E-state index in [9.17, 15) is 18.0 Å². The summed E-state index contributed by atoms with van der Waals surface area (Å²) in [5, 5.41) is 14.0. The Hall–Kier alpha value is -3.08. The summed E-state index contributed by atoms with van der Waals surface area (Å²) in [4.78, 5) is 18.4. The second kappa shape index (κ2) is 8.08. The minimum Gasteiger partial charge on any atom is -0.495 e. The molecule has 146 valence electrons. The van der Waals surface area contributed by atoms with Crippen molar-refractivity contribution in [3.8, 4) is 5.75 Å². The van der Waals surface area contributed by atoms with Crippen molar-refractivity contribution in [2.45, 2.75) is 18.6 Å². The smallest absolute Gasteiger partial charge is 0.421 e. The Morgan fingerprint density at radius 2 is 2.11 bits per heavy atom. The summed E-state index contributed by atoms with van der Waals surface area (Å²) in [5.74, 6) is -1.24. The third-order valence-electron chi connectivity index (χ3n) is 3.62. The van der Waals surface area contributed by atoms with Gasteiger partial charge in [-0.25, -0.2) is 4.98 Å². The standard InChI is InChI=1S/C16H18F3N5O3/c1-21-13-9(16(17,18)19)7-22-15(24-13)23-11-4-3-8(6-12(11)27-2)5-10(20)14(25)26/h3-4,6-7,10H,5,20H2,1-2H3,(H,25,26)(H2,21,22,23,24)/t10-/m0/s1. The van der Waals surface area contributed by atoms with Crippen molar-refractivity contribution in [2.75, 3.05) is 24.8 Å². The Morgan fingerprint density at radius 3 is 2.67 bits per heavy atom. The summed E-state index contributed by atoms with van der Waals surface area (Å²) in [7, 11) is 2.72. The number of benzene rings is 1. The van der Waals surface area contributed by atoms with Crippen LogP contribution in [0.5, 0.6) is 5.75 Å². The predicted octanol–water partition coefficient (Wildman–Crippen LogP) is 2.24. The molecule has 0 unspecified atom stereocenters. The van der Waals surface area contributed by atoms with Crippen LogP contribution in [0, 0.1) is 0 Å². The lowest BCUT2D eigenvalue weighted by Gasteiger charge is -2.15. The van der Waals surface area contributed by atoms with Gasteiger partial charge in [0.2, 0.25) is 5.95 Å². The highest BCUT2D eigenvalue weighted by atomic mass is 19.4. The van der Waals surface area contributed by atoms with Crippen LogP contribution in [0.4, 0.5) is 30.6 Å². The molecule has 0 amide bonds. The molecule has 0 saturated carbocycles. The van der Waals surface area contributed by atoms with E-state index >= 15 is 0 Å². The van der Waals surface area contributed by atoms with Crippen molar-refractivity contribution in [1.29, 1.82) is 0 Å². The van der Waals surface area contributed by atoms with Gasteiger partial charge in [0.25, 0.3) is 0 Å². The molecule has 2 rings (SSSR count). The van der Waals surface area contributed by atoms with Crippen LogP contribution in [0.3, 0.4) is 0 Å². The van der Waals surface area contributed by atoms with Crippen molar-refractivity contribution in [3.05, 3.63) is 35.5 Å². The summed E-state index contributed by atoms with van der Waals surface area (Å²) in [6.45, 7) is 0. The number of aromatic nitrogens is 2. The lowest BCUT2D eigenvalue weighted by atomic mass is 10.1. The molecule has 2 aromatic rings. The first kappa shape index (κ1) is 20.2. The number of aliphatic carboxylic acids is 1. The van der Waals surface area contributed by atoms with Gasteiger partial charge in [-0.15, -0.1) is 0 Å². The second-order valence-electron chi connectivity index (χ2n) is 5.51. The molecule has 11 heteroatoms. The molecule has 8 nitrogen and oxygen atoms in total. The molecule has 0 aliphatic rings. The summed E-state index contributed by atoms with van der Waals surface area (Å²) >= 11 is 0. The fourth-order valence-electron chi connectivity index (χ4n) is 2.27. The number of ether oxygens (including phenoxy) is 1. The van der Waals surface area contributed by atoms with Crippen LogP contribution < -0.4 is 21.1 Å². The maximum Gasteiger partial charge on any atom is 0.421 e. The topological polar surface area (TPSA) is 122 Å². The molecule has 0 radical (unpaired) electrons. The van der Waals surface area contributed by atoms with Gasteiger partial charge in [0.15, 0.2) is 0 Å². The lowest BCUT2D eigenvalue weighted by molar-refractivity contribution is -0.139. The van der Waals surface area contributed by atoms with Crippen LogP contribution in [0.2, 0.25) is 0 Å².